The number of hydrogen-bond acceptors (Lipinski definition) is 3. The van der Waals surface area contributed by atoms with Gasteiger partial charge < -0.3 is 15.2 Å². The van der Waals surface area contributed by atoms with E-state index in [2.05, 4.69) is 5.32 Å². The number of ether oxygens (including phenoxy) is 1. The average Bonchev–Trinajstić information content (AvgIpc) is 2.58. The van der Waals surface area contributed by atoms with Crippen molar-refractivity contribution in [1.82, 2.24) is 5.32 Å². The highest BCUT2D eigenvalue weighted by molar-refractivity contribution is 6.36. The van der Waals surface area contributed by atoms with E-state index in [0.717, 1.165) is 0 Å². The van der Waals surface area contributed by atoms with Gasteiger partial charge in [0.1, 0.15) is 17.3 Å². The minimum Gasteiger partial charge on any atom is -0.508 e. The molecule has 2 N–H and O–H groups in total. The molecule has 27 heavy (non-hydrogen) atoms. The van der Waals surface area contributed by atoms with Gasteiger partial charge in [-0.3, -0.25) is 4.79 Å². The van der Waals surface area contributed by atoms with Gasteiger partial charge in [0.2, 0.25) is 0 Å². The van der Waals surface area contributed by atoms with Crippen LogP contribution >= 0.6 is 23.2 Å². The Morgan fingerprint density at radius 2 is 1.89 bits per heavy atom. The van der Waals surface area contributed by atoms with Crippen LogP contribution in [0.4, 0.5) is 4.39 Å². The summed E-state index contributed by atoms with van der Waals surface area (Å²) in [6.45, 7) is 5.79. The molecule has 0 atom stereocenters. The molecule has 0 radical (unpaired) electrons. The number of phenolic OH excluding ortho intramolecular Hbond substituents is 1. The maximum Gasteiger partial charge on any atom is 0.257 e. The van der Waals surface area contributed by atoms with Crippen LogP contribution in [0.2, 0.25) is 10.0 Å². The highest BCUT2D eigenvalue weighted by atomic mass is 35.5. The van der Waals surface area contributed by atoms with Gasteiger partial charge in [-0.2, -0.15) is 0 Å². The molecule has 0 aromatic heterocycles. The molecule has 2 aromatic rings. The second-order valence-electron chi connectivity index (χ2n) is 6.41. The summed E-state index contributed by atoms with van der Waals surface area (Å²) in [7, 11) is 0. The third kappa shape index (κ3) is 5.27. The molecule has 0 spiro atoms. The van der Waals surface area contributed by atoms with E-state index in [1.165, 1.54) is 12.1 Å². The Hall–Kier alpha value is -1.98. The second kappa shape index (κ2) is 9.29. The van der Waals surface area contributed by atoms with E-state index in [0.29, 0.717) is 33.5 Å². The molecule has 0 bridgehead atoms. The molecule has 0 saturated heterocycles. The number of rotatable bonds is 7. The minimum atomic E-state index is -0.464. The van der Waals surface area contributed by atoms with Gasteiger partial charge >= 0.3 is 0 Å². The number of benzene rings is 2. The molecule has 4 nitrogen and oxygen atoms in total. The zero-order valence-corrected chi connectivity index (χ0v) is 16.9. The van der Waals surface area contributed by atoms with Gasteiger partial charge in [0.05, 0.1) is 0 Å². The third-order valence-corrected chi connectivity index (χ3v) is 4.71. The van der Waals surface area contributed by atoms with Crippen LogP contribution in [0.25, 0.3) is 0 Å². The number of carbonyl (C=O) groups excluding carboxylic acids is 1. The van der Waals surface area contributed by atoms with Crippen LogP contribution in [-0.2, 0) is 11.2 Å². The van der Waals surface area contributed by atoms with E-state index in [9.17, 15) is 14.3 Å². The lowest BCUT2D eigenvalue weighted by Gasteiger charge is -2.15. The molecule has 0 aliphatic carbocycles. The second-order valence-corrected chi connectivity index (χ2v) is 7.23. The van der Waals surface area contributed by atoms with Crippen molar-refractivity contribution in [1.29, 1.82) is 0 Å². The van der Waals surface area contributed by atoms with E-state index < -0.39 is 5.82 Å². The van der Waals surface area contributed by atoms with Gasteiger partial charge in [0.15, 0.2) is 6.61 Å². The van der Waals surface area contributed by atoms with Gasteiger partial charge in [-0.1, -0.05) is 43.1 Å². The van der Waals surface area contributed by atoms with Crippen molar-refractivity contribution in [2.75, 3.05) is 13.2 Å². The van der Waals surface area contributed by atoms with Crippen molar-refractivity contribution in [2.45, 2.75) is 33.1 Å². The van der Waals surface area contributed by atoms with Gasteiger partial charge in [0, 0.05) is 28.6 Å². The van der Waals surface area contributed by atoms with Crippen molar-refractivity contribution in [3.8, 4) is 11.5 Å². The first-order valence-electron chi connectivity index (χ1n) is 8.62. The number of halogens is 3. The highest BCUT2D eigenvalue weighted by Gasteiger charge is 2.18. The summed E-state index contributed by atoms with van der Waals surface area (Å²) in [4.78, 5) is 11.5. The molecule has 0 saturated carbocycles. The largest absolute Gasteiger partial charge is 0.508 e. The zero-order chi connectivity index (χ0) is 20.1. The molecule has 2 rings (SSSR count). The summed E-state index contributed by atoms with van der Waals surface area (Å²) in [6, 6.07) is 6.08. The first kappa shape index (κ1) is 21.3. The molecule has 1 amide bonds. The Balaban J connectivity index is 2.25. The van der Waals surface area contributed by atoms with Crippen molar-refractivity contribution in [2.24, 2.45) is 0 Å². The van der Waals surface area contributed by atoms with E-state index >= 15 is 0 Å². The topological polar surface area (TPSA) is 58.6 Å². The van der Waals surface area contributed by atoms with Gasteiger partial charge in [-0.15, -0.1) is 0 Å². The maximum absolute atomic E-state index is 14.8. The first-order chi connectivity index (χ1) is 12.7. The molecule has 0 heterocycles. The summed E-state index contributed by atoms with van der Waals surface area (Å²) in [5, 5.41) is 13.1. The molecule has 7 heteroatoms. The van der Waals surface area contributed by atoms with Crippen LogP contribution in [0.15, 0.2) is 24.3 Å². The van der Waals surface area contributed by atoms with Crippen LogP contribution in [0, 0.1) is 5.82 Å². The zero-order valence-electron chi connectivity index (χ0n) is 15.4. The lowest BCUT2D eigenvalue weighted by Crippen LogP contribution is -2.28. The lowest BCUT2D eigenvalue weighted by atomic mass is 9.95. The molecule has 2 aromatic carbocycles. The predicted molar refractivity (Wildman–Crippen MR) is 106 cm³/mol. The van der Waals surface area contributed by atoms with Crippen molar-refractivity contribution in [3.63, 3.8) is 0 Å². The van der Waals surface area contributed by atoms with Gasteiger partial charge in [-0.25, -0.2) is 4.39 Å². The van der Waals surface area contributed by atoms with E-state index in [1.807, 2.05) is 20.8 Å². The maximum atomic E-state index is 14.8. The van der Waals surface area contributed by atoms with E-state index in [1.54, 1.807) is 12.1 Å². The number of nitrogens with one attached hydrogen (secondary N) is 1. The molecular formula is C20H22Cl2FNO3. The van der Waals surface area contributed by atoms with Crippen molar-refractivity contribution < 1.29 is 19.0 Å². The Morgan fingerprint density at radius 3 is 2.44 bits per heavy atom. The minimum absolute atomic E-state index is 0.0717. The number of aromatic hydroxyl groups is 1. The van der Waals surface area contributed by atoms with Crippen molar-refractivity contribution in [3.05, 3.63) is 56.8 Å². The quantitative estimate of drug-likeness (QED) is 0.666. The van der Waals surface area contributed by atoms with Crippen LogP contribution < -0.4 is 10.1 Å². The summed E-state index contributed by atoms with van der Waals surface area (Å²) in [5.41, 5.74) is 1.20. The van der Waals surface area contributed by atoms with Crippen LogP contribution in [-0.4, -0.2) is 24.2 Å². The monoisotopic (exact) mass is 413 g/mol. The summed E-state index contributed by atoms with van der Waals surface area (Å²) in [6.07, 6.45) is 0.167. The summed E-state index contributed by atoms with van der Waals surface area (Å²) < 4.78 is 20.2. The van der Waals surface area contributed by atoms with Crippen LogP contribution in [0.1, 0.15) is 43.4 Å². The van der Waals surface area contributed by atoms with Crippen molar-refractivity contribution >= 4 is 29.1 Å². The lowest BCUT2D eigenvalue weighted by molar-refractivity contribution is -0.122. The number of amides is 1. The molecular weight excluding hydrogens is 392 g/mol. The molecule has 0 fully saturated rings. The number of carbonyl (C=O) groups is 1. The standard InChI is InChI=1S/C20H22Cl2FNO3/c1-4-24-18(26)10-27-13-8-15(21)14(16(22)9-13)7-12-5-6-17(25)19(11(2)3)20(12)23/h5-6,8-9,11,25H,4,7,10H2,1-3H3,(H,24,26). The number of hydrogen-bond donors (Lipinski definition) is 2. The Morgan fingerprint density at radius 1 is 1.26 bits per heavy atom. The molecule has 146 valence electrons. The fraction of sp³-hybridized carbons (Fsp3) is 0.350. The van der Waals surface area contributed by atoms with Gasteiger partial charge in [0.25, 0.3) is 5.91 Å². The third-order valence-electron chi connectivity index (χ3n) is 4.04. The fourth-order valence-electron chi connectivity index (χ4n) is 2.73. The van der Waals surface area contributed by atoms with E-state index in [4.69, 9.17) is 27.9 Å². The van der Waals surface area contributed by atoms with Crippen LogP contribution in [0.3, 0.4) is 0 Å². The predicted octanol–water partition coefficient (Wildman–Crippen LogP) is 5.07. The first-order valence-corrected chi connectivity index (χ1v) is 9.37. The molecule has 0 unspecified atom stereocenters. The SMILES string of the molecule is CCNC(=O)COc1cc(Cl)c(Cc2ccc(O)c(C(C)C)c2F)c(Cl)c1. The number of likely N-dealkylation sites (N-methyl/N-ethyl adjacent to an activating group) is 1. The molecule has 0 aliphatic rings. The highest BCUT2D eigenvalue weighted by Crippen LogP contribution is 2.35. The smallest absolute Gasteiger partial charge is 0.257 e. The Kier molecular flexibility index (Phi) is 7.33. The fourth-order valence-corrected chi connectivity index (χ4v) is 3.33. The summed E-state index contributed by atoms with van der Waals surface area (Å²) in [5.74, 6) is -0.595. The van der Waals surface area contributed by atoms with E-state index in [-0.39, 0.29) is 36.2 Å². The average molecular weight is 414 g/mol. The van der Waals surface area contributed by atoms with Crippen LogP contribution in [0.5, 0.6) is 11.5 Å². The molecule has 0 aliphatic heterocycles. The van der Waals surface area contributed by atoms with Gasteiger partial charge in [-0.05, 0) is 42.2 Å². The summed E-state index contributed by atoms with van der Waals surface area (Å²) >= 11 is 12.6. The Labute approximate surface area is 168 Å². The Bertz CT molecular complexity index is 817. The number of phenols is 1. The normalized spacial score (nSPS) is 10.9.